The van der Waals surface area contributed by atoms with Crippen LogP contribution in [0.25, 0.3) is 0 Å². The zero-order valence-electron chi connectivity index (χ0n) is 10.9. The molecule has 2 amide bonds. The number of rotatable bonds is 5. The molecule has 2 rings (SSSR count). The van der Waals surface area contributed by atoms with Crippen LogP contribution in [-0.2, 0) is 16.0 Å². The summed E-state index contributed by atoms with van der Waals surface area (Å²) in [5.41, 5.74) is 1.18. The topological polar surface area (TPSA) is 58.2 Å². The van der Waals surface area contributed by atoms with Crippen molar-refractivity contribution in [2.75, 3.05) is 12.0 Å². The molecule has 2 atom stereocenters. The van der Waals surface area contributed by atoms with E-state index >= 15 is 0 Å². The maximum Gasteiger partial charge on any atom is 0.244 e. The number of carbonyl (C=O) groups excluding carboxylic acids is 2. The van der Waals surface area contributed by atoms with Crippen molar-refractivity contribution in [2.45, 2.75) is 24.9 Å². The van der Waals surface area contributed by atoms with Crippen LogP contribution in [0.2, 0.25) is 0 Å². The fraction of sp³-hybridized carbons (Fsp3) is 0.429. The molecule has 2 N–H and O–H groups in total. The molecular formula is C14H18N2O2S. The molecule has 1 aromatic carbocycles. The average Bonchev–Trinajstić information content (AvgIpc) is 2.42. The second-order valence-electron chi connectivity index (χ2n) is 4.60. The molecule has 5 heteroatoms. The molecule has 0 saturated carbocycles. The van der Waals surface area contributed by atoms with Gasteiger partial charge in [-0.1, -0.05) is 30.3 Å². The van der Waals surface area contributed by atoms with Crippen LogP contribution < -0.4 is 10.6 Å². The van der Waals surface area contributed by atoms with Crippen molar-refractivity contribution in [2.24, 2.45) is 0 Å². The molecule has 0 bridgehead atoms. The highest BCUT2D eigenvalue weighted by Crippen LogP contribution is 2.09. The van der Waals surface area contributed by atoms with Crippen molar-refractivity contribution in [1.29, 1.82) is 0 Å². The van der Waals surface area contributed by atoms with Crippen molar-refractivity contribution >= 4 is 23.6 Å². The van der Waals surface area contributed by atoms with Gasteiger partial charge < -0.3 is 10.6 Å². The van der Waals surface area contributed by atoms with Gasteiger partial charge in [-0.2, -0.15) is 11.8 Å². The summed E-state index contributed by atoms with van der Waals surface area (Å²) in [4.78, 5) is 23.7. The van der Waals surface area contributed by atoms with Crippen LogP contribution in [-0.4, -0.2) is 35.9 Å². The van der Waals surface area contributed by atoms with Gasteiger partial charge in [0.25, 0.3) is 0 Å². The van der Waals surface area contributed by atoms with Gasteiger partial charge in [0.2, 0.25) is 11.8 Å². The highest BCUT2D eigenvalue weighted by Gasteiger charge is 2.32. The Balaban J connectivity index is 1.88. The van der Waals surface area contributed by atoms with Crippen LogP contribution in [0.1, 0.15) is 12.0 Å². The Morgan fingerprint density at radius 3 is 2.37 bits per heavy atom. The molecule has 1 heterocycles. The number of thioether (sulfide) groups is 1. The molecule has 1 saturated heterocycles. The standard InChI is InChI=1S/C14H18N2O2S/c1-19-9-12-14(18)15-11(13(17)16-12)8-7-10-5-3-2-4-6-10/h2-6,11-12H,7-9H2,1H3,(H,15,18)(H,16,17)/t11?,12-/m0/s1. The van der Waals surface area contributed by atoms with Gasteiger partial charge in [-0.15, -0.1) is 0 Å². The number of amides is 2. The molecule has 1 aliphatic heterocycles. The van der Waals surface area contributed by atoms with Crippen LogP contribution >= 0.6 is 11.8 Å². The minimum atomic E-state index is -0.411. The first-order valence-corrected chi connectivity index (χ1v) is 7.73. The summed E-state index contributed by atoms with van der Waals surface area (Å²) in [6, 6.07) is 9.16. The van der Waals surface area contributed by atoms with E-state index in [0.29, 0.717) is 12.2 Å². The summed E-state index contributed by atoms with van der Waals surface area (Å²) in [7, 11) is 0. The predicted octanol–water partition coefficient (Wildman–Crippen LogP) is 0.965. The van der Waals surface area contributed by atoms with Crippen LogP contribution in [0.3, 0.4) is 0 Å². The number of benzene rings is 1. The molecular weight excluding hydrogens is 260 g/mol. The first-order valence-electron chi connectivity index (χ1n) is 6.34. The molecule has 19 heavy (non-hydrogen) atoms. The van der Waals surface area contributed by atoms with Crippen molar-refractivity contribution in [3.05, 3.63) is 35.9 Å². The molecule has 4 nitrogen and oxygen atoms in total. The van der Waals surface area contributed by atoms with Gasteiger partial charge in [-0.25, -0.2) is 0 Å². The van der Waals surface area contributed by atoms with E-state index in [9.17, 15) is 9.59 Å². The van der Waals surface area contributed by atoms with Crippen molar-refractivity contribution < 1.29 is 9.59 Å². The zero-order chi connectivity index (χ0) is 13.7. The summed E-state index contributed by atoms with van der Waals surface area (Å²) in [5, 5.41) is 5.59. The lowest BCUT2D eigenvalue weighted by atomic mass is 10.0. The molecule has 1 aromatic rings. The minimum absolute atomic E-state index is 0.0745. The van der Waals surface area contributed by atoms with Gasteiger partial charge in [-0.3, -0.25) is 9.59 Å². The number of carbonyl (C=O) groups is 2. The highest BCUT2D eigenvalue weighted by molar-refractivity contribution is 7.98. The van der Waals surface area contributed by atoms with E-state index in [1.54, 1.807) is 11.8 Å². The Labute approximate surface area is 117 Å². The molecule has 102 valence electrons. The van der Waals surface area contributed by atoms with Crippen molar-refractivity contribution in [3.8, 4) is 0 Å². The third kappa shape index (κ3) is 3.73. The number of piperazine rings is 1. The SMILES string of the molecule is CSC[C@@H]1NC(=O)C(CCc2ccccc2)NC1=O. The van der Waals surface area contributed by atoms with Gasteiger partial charge in [0.15, 0.2) is 0 Å². The maximum absolute atomic E-state index is 11.9. The smallest absolute Gasteiger partial charge is 0.244 e. The average molecular weight is 278 g/mol. The predicted molar refractivity (Wildman–Crippen MR) is 77.0 cm³/mol. The largest absolute Gasteiger partial charge is 0.342 e. The Kier molecular flexibility index (Phi) is 4.85. The normalized spacial score (nSPS) is 22.8. The first-order chi connectivity index (χ1) is 9.20. The second-order valence-corrected chi connectivity index (χ2v) is 5.51. The van der Waals surface area contributed by atoms with E-state index in [0.717, 1.165) is 6.42 Å². The number of aryl methyl sites for hydroxylation is 1. The van der Waals surface area contributed by atoms with E-state index in [4.69, 9.17) is 0 Å². The summed E-state index contributed by atoms with van der Waals surface area (Å²) in [5.74, 6) is 0.463. The molecule has 1 fully saturated rings. The zero-order valence-corrected chi connectivity index (χ0v) is 11.7. The van der Waals surface area contributed by atoms with E-state index in [1.165, 1.54) is 5.56 Å². The van der Waals surface area contributed by atoms with Gasteiger partial charge in [-0.05, 0) is 24.7 Å². The monoisotopic (exact) mass is 278 g/mol. The van der Waals surface area contributed by atoms with Gasteiger partial charge >= 0.3 is 0 Å². The maximum atomic E-state index is 11.9. The van der Waals surface area contributed by atoms with Crippen LogP contribution in [0.15, 0.2) is 30.3 Å². The Morgan fingerprint density at radius 1 is 1.05 bits per heavy atom. The van der Waals surface area contributed by atoms with Crippen LogP contribution in [0, 0.1) is 0 Å². The third-order valence-electron chi connectivity index (χ3n) is 3.16. The quantitative estimate of drug-likeness (QED) is 0.843. The van der Waals surface area contributed by atoms with Crippen molar-refractivity contribution in [1.82, 2.24) is 10.6 Å². The molecule has 1 unspecified atom stereocenters. The summed E-state index contributed by atoms with van der Waals surface area (Å²) < 4.78 is 0. The van der Waals surface area contributed by atoms with Gasteiger partial charge in [0, 0.05) is 5.75 Å². The molecule has 0 aromatic heterocycles. The second kappa shape index (κ2) is 6.61. The van der Waals surface area contributed by atoms with Crippen molar-refractivity contribution in [3.63, 3.8) is 0 Å². The Hall–Kier alpha value is -1.49. The summed E-state index contributed by atoms with van der Waals surface area (Å²) >= 11 is 1.55. The molecule has 0 aliphatic carbocycles. The van der Waals surface area contributed by atoms with Gasteiger partial charge in [0.05, 0.1) is 0 Å². The summed E-state index contributed by atoms with van der Waals surface area (Å²) in [6.07, 6.45) is 3.33. The van der Waals surface area contributed by atoms with Gasteiger partial charge in [0.1, 0.15) is 12.1 Å². The lowest BCUT2D eigenvalue weighted by Gasteiger charge is -2.29. The van der Waals surface area contributed by atoms with E-state index < -0.39 is 12.1 Å². The van der Waals surface area contributed by atoms with Crippen LogP contribution in [0.5, 0.6) is 0 Å². The van der Waals surface area contributed by atoms with E-state index in [-0.39, 0.29) is 11.8 Å². The molecule has 1 aliphatic rings. The first kappa shape index (κ1) is 13.9. The highest BCUT2D eigenvalue weighted by atomic mass is 32.2. The third-order valence-corrected chi connectivity index (χ3v) is 3.83. The fourth-order valence-electron chi connectivity index (χ4n) is 2.12. The number of hydrogen-bond donors (Lipinski definition) is 2. The Morgan fingerprint density at radius 2 is 1.68 bits per heavy atom. The molecule has 0 spiro atoms. The Bertz CT molecular complexity index is 450. The lowest BCUT2D eigenvalue weighted by molar-refractivity contribution is -0.136. The lowest BCUT2D eigenvalue weighted by Crippen LogP contribution is -2.62. The van der Waals surface area contributed by atoms with Crippen LogP contribution in [0.4, 0.5) is 0 Å². The van der Waals surface area contributed by atoms with E-state index in [2.05, 4.69) is 10.6 Å². The molecule has 0 radical (unpaired) electrons. The minimum Gasteiger partial charge on any atom is -0.342 e. The summed E-state index contributed by atoms with van der Waals surface area (Å²) in [6.45, 7) is 0. The fourth-order valence-corrected chi connectivity index (χ4v) is 2.69. The van der Waals surface area contributed by atoms with E-state index in [1.807, 2.05) is 36.6 Å². The number of hydrogen-bond acceptors (Lipinski definition) is 3. The number of nitrogens with one attached hydrogen (secondary N) is 2.